The van der Waals surface area contributed by atoms with Crippen LogP contribution in [0.5, 0.6) is 5.75 Å². The predicted molar refractivity (Wildman–Crippen MR) is 110 cm³/mol. The first-order valence-corrected chi connectivity index (χ1v) is 8.13. The number of aliphatic imine (C=N–C) groups is 1. The zero-order valence-electron chi connectivity index (χ0n) is 14.9. The minimum absolute atomic E-state index is 0. The number of guanidine groups is 1. The maximum atomic E-state index is 9.48. The lowest BCUT2D eigenvalue weighted by molar-refractivity contribution is 0.180. The molecule has 0 spiro atoms. The molecule has 24 heavy (non-hydrogen) atoms. The number of phenols is 1. The van der Waals surface area contributed by atoms with E-state index in [0.717, 1.165) is 50.7 Å². The highest BCUT2D eigenvalue weighted by atomic mass is 127. The van der Waals surface area contributed by atoms with Crippen LogP contribution in [0.1, 0.15) is 18.9 Å². The monoisotopic (exact) mass is 450 g/mol. The number of halogens is 1. The molecular formula is C17H31IN4O2. The quantitative estimate of drug-likeness (QED) is 0.220. The van der Waals surface area contributed by atoms with E-state index in [-0.39, 0.29) is 29.7 Å². The molecule has 0 aliphatic rings. The van der Waals surface area contributed by atoms with Crippen molar-refractivity contribution in [2.75, 3.05) is 46.9 Å². The predicted octanol–water partition coefficient (Wildman–Crippen LogP) is 2.03. The normalized spacial score (nSPS) is 11.2. The first-order chi connectivity index (χ1) is 11.2. The fourth-order valence-electron chi connectivity index (χ4n) is 2.12. The molecule has 6 nitrogen and oxygen atoms in total. The van der Waals surface area contributed by atoms with Crippen molar-refractivity contribution >= 4 is 29.9 Å². The highest BCUT2D eigenvalue weighted by molar-refractivity contribution is 14.0. The third-order valence-corrected chi connectivity index (χ3v) is 3.35. The molecule has 0 saturated carbocycles. The lowest BCUT2D eigenvalue weighted by atomic mass is 10.2. The molecule has 0 radical (unpaired) electrons. The summed E-state index contributed by atoms with van der Waals surface area (Å²) in [5, 5.41) is 16.0. The molecule has 0 aliphatic carbocycles. The van der Waals surface area contributed by atoms with Gasteiger partial charge in [-0.3, -0.25) is 0 Å². The molecule has 0 fully saturated rings. The minimum atomic E-state index is 0. The average Bonchev–Trinajstić information content (AvgIpc) is 2.53. The van der Waals surface area contributed by atoms with Crippen LogP contribution in [0, 0.1) is 0 Å². The van der Waals surface area contributed by atoms with Crippen LogP contribution in [0.4, 0.5) is 0 Å². The van der Waals surface area contributed by atoms with Crippen molar-refractivity contribution in [2.45, 2.75) is 19.9 Å². The minimum Gasteiger partial charge on any atom is -0.508 e. The Balaban J connectivity index is 0.00000529. The van der Waals surface area contributed by atoms with Crippen molar-refractivity contribution in [2.24, 2.45) is 4.99 Å². The average molecular weight is 450 g/mol. The van der Waals surface area contributed by atoms with Crippen LogP contribution in [0.25, 0.3) is 0 Å². The number of hydrogen-bond donors (Lipinski definition) is 3. The van der Waals surface area contributed by atoms with Crippen LogP contribution in [-0.2, 0) is 11.3 Å². The molecule has 0 heterocycles. The molecule has 0 unspecified atom stereocenters. The summed E-state index contributed by atoms with van der Waals surface area (Å²) in [6.07, 6.45) is 1.04. The van der Waals surface area contributed by atoms with E-state index in [1.54, 1.807) is 19.2 Å². The van der Waals surface area contributed by atoms with E-state index in [4.69, 9.17) is 4.74 Å². The Bertz CT molecular complexity index is 472. The number of methoxy groups -OCH3 is 1. The van der Waals surface area contributed by atoms with Gasteiger partial charge in [-0.25, -0.2) is 4.99 Å². The van der Waals surface area contributed by atoms with Gasteiger partial charge in [0.2, 0.25) is 0 Å². The Hall–Kier alpha value is -1.06. The highest BCUT2D eigenvalue weighted by Crippen LogP contribution is 2.11. The van der Waals surface area contributed by atoms with E-state index in [9.17, 15) is 5.11 Å². The Kier molecular flexibility index (Phi) is 13.7. The summed E-state index contributed by atoms with van der Waals surface area (Å²) in [5.74, 6) is 1.06. The summed E-state index contributed by atoms with van der Waals surface area (Å²) in [4.78, 5) is 6.81. The third kappa shape index (κ3) is 10.7. The molecule has 3 N–H and O–H groups in total. The van der Waals surface area contributed by atoms with E-state index < -0.39 is 0 Å². The van der Waals surface area contributed by atoms with Gasteiger partial charge in [0.05, 0.1) is 6.54 Å². The SMILES string of the molecule is CCNC(=NCc1cccc(O)c1)NCCN(C)CCCOC.I. The summed E-state index contributed by atoms with van der Waals surface area (Å²) in [5.41, 5.74) is 0.985. The fraction of sp³-hybridized carbons (Fsp3) is 0.588. The van der Waals surface area contributed by atoms with Gasteiger partial charge in [0.15, 0.2) is 5.96 Å². The van der Waals surface area contributed by atoms with Gasteiger partial charge in [-0.1, -0.05) is 12.1 Å². The van der Waals surface area contributed by atoms with Crippen LogP contribution in [0.15, 0.2) is 29.3 Å². The smallest absolute Gasteiger partial charge is 0.191 e. The second-order valence-corrected chi connectivity index (χ2v) is 5.44. The van der Waals surface area contributed by atoms with E-state index in [1.165, 1.54) is 0 Å². The van der Waals surface area contributed by atoms with Gasteiger partial charge < -0.3 is 25.4 Å². The van der Waals surface area contributed by atoms with E-state index in [0.29, 0.717) is 6.54 Å². The number of hydrogen-bond acceptors (Lipinski definition) is 4. The molecule has 1 aromatic carbocycles. The number of nitrogens with one attached hydrogen (secondary N) is 2. The molecule has 0 aromatic heterocycles. The van der Waals surface area contributed by atoms with Crippen LogP contribution in [0.3, 0.4) is 0 Å². The van der Waals surface area contributed by atoms with Crippen molar-refractivity contribution in [1.82, 2.24) is 15.5 Å². The van der Waals surface area contributed by atoms with Gasteiger partial charge in [-0.15, -0.1) is 24.0 Å². The van der Waals surface area contributed by atoms with Gasteiger partial charge in [0.25, 0.3) is 0 Å². The van der Waals surface area contributed by atoms with Crippen molar-refractivity contribution in [1.29, 1.82) is 0 Å². The fourth-order valence-corrected chi connectivity index (χ4v) is 2.12. The van der Waals surface area contributed by atoms with E-state index in [2.05, 4.69) is 27.6 Å². The van der Waals surface area contributed by atoms with E-state index >= 15 is 0 Å². The Labute approximate surface area is 162 Å². The van der Waals surface area contributed by atoms with Gasteiger partial charge in [0.1, 0.15) is 5.75 Å². The summed E-state index contributed by atoms with van der Waals surface area (Å²) in [6, 6.07) is 7.18. The molecule has 0 aliphatic heterocycles. The molecule has 138 valence electrons. The second-order valence-electron chi connectivity index (χ2n) is 5.44. The molecule has 1 rings (SSSR count). The van der Waals surface area contributed by atoms with E-state index in [1.807, 2.05) is 19.1 Å². The zero-order valence-corrected chi connectivity index (χ0v) is 17.2. The van der Waals surface area contributed by atoms with Gasteiger partial charge in [-0.05, 0) is 38.1 Å². The van der Waals surface area contributed by atoms with Crippen molar-refractivity contribution < 1.29 is 9.84 Å². The molecule has 0 amide bonds. The largest absolute Gasteiger partial charge is 0.508 e. The zero-order chi connectivity index (χ0) is 16.9. The molecule has 1 aromatic rings. The maximum Gasteiger partial charge on any atom is 0.191 e. The summed E-state index contributed by atoms with van der Waals surface area (Å²) >= 11 is 0. The first-order valence-electron chi connectivity index (χ1n) is 8.13. The number of rotatable bonds is 10. The Morgan fingerprint density at radius 3 is 2.75 bits per heavy atom. The number of nitrogens with zero attached hydrogens (tertiary/aromatic N) is 2. The molecule has 7 heteroatoms. The van der Waals surface area contributed by atoms with Crippen molar-refractivity contribution in [3.63, 3.8) is 0 Å². The first kappa shape index (κ1) is 22.9. The summed E-state index contributed by atoms with van der Waals surface area (Å²) in [7, 11) is 3.83. The number of phenolic OH excluding ortho intramolecular Hbond substituents is 1. The van der Waals surface area contributed by atoms with Crippen molar-refractivity contribution in [3.05, 3.63) is 29.8 Å². The second kappa shape index (κ2) is 14.3. The van der Waals surface area contributed by atoms with Crippen LogP contribution >= 0.6 is 24.0 Å². The number of likely N-dealkylation sites (N-methyl/N-ethyl adjacent to an activating group) is 1. The highest BCUT2D eigenvalue weighted by Gasteiger charge is 2.01. The van der Waals surface area contributed by atoms with Crippen molar-refractivity contribution in [3.8, 4) is 5.75 Å². The third-order valence-electron chi connectivity index (χ3n) is 3.35. The lowest BCUT2D eigenvalue weighted by Crippen LogP contribution is -2.41. The summed E-state index contributed by atoms with van der Waals surface area (Å²) in [6.45, 7) is 6.99. The van der Waals surface area contributed by atoms with Gasteiger partial charge in [0, 0.05) is 39.9 Å². The number of aromatic hydroxyl groups is 1. The Morgan fingerprint density at radius 2 is 2.08 bits per heavy atom. The topological polar surface area (TPSA) is 69.1 Å². The molecular weight excluding hydrogens is 419 g/mol. The number of benzene rings is 1. The standard InChI is InChI=1S/C17H30N4O2.HI/c1-4-18-17(19-9-11-21(2)10-6-12-23-3)20-14-15-7-5-8-16(22)13-15;/h5,7-8,13,22H,4,6,9-12,14H2,1-3H3,(H2,18,19,20);1H. The maximum absolute atomic E-state index is 9.48. The summed E-state index contributed by atoms with van der Waals surface area (Å²) < 4.78 is 5.06. The lowest BCUT2D eigenvalue weighted by Gasteiger charge is -2.18. The Morgan fingerprint density at radius 1 is 1.29 bits per heavy atom. The van der Waals surface area contributed by atoms with Gasteiger partial charge in [-0.2, -0.15) is 0 Å². The van der Waals surface area contributed by atoms with Gasteiger partial charge >= 0.3 is 0 Å². The van der Waals surface area contributed by atoms with Crippen LogP contribution in [-0.4, -0.2) is 62.9 Å². The number of ether oxygens (including phenoxy) is 1. The van der Waals surface area contributed by atoms with Crippen LogP contribution < -0.4 is 10.6 Å². The molecule has 0 bridgehead atoms. The van der Waals surface area contributed by atoms with Crippen LogP contribution in [0.2, 0.25) is 0 Å². The molecule has 0 saturated heterocycles. The molecule has 0 atom stereocenters.